The van der Waals surface area contributed by atoms with Crippen molar-refractivity contribution < 1.29 is 10.0 Å². The second kappa shape index (κ2) is 5.88. The molecule has 1 aromatic heterocycles. The molecule has 1 fully saturated rings. The van der Waals surface area contributed by atoms with Gasteiger partial charge in [0.25, 0.3) is 0 Å². The standard InChI is InChI=1S/C16H19N3O3/c1-11-4-7-18(8-5-11)10-12-9-14(19(21)22)16(20)15-13(12)3-2-6-17-15/h2-3,6,9,11,20H,4-5,7-8,10H2,1H3. The Morgan fingerprint density at radius 3 is 2.86 bits per heavy atom. The van der Waals surface area contributed by atoms with E-state index >= 15 is 0 Å². The van der Waals surface area contributed by atoms with E-state index in [9.17, 15) is 15.2 Å². The summed E-state index contributed by atoms with van der Waals surface area (Å²) in [4.78, 5) is 17.0. The van der Waals surface area contributed by atoms with Crippen LogP contribution in [-0.4, -0.2) is 33.0 Å². The van der Waals surface area contributed by atoms with Crippen LogP contribution < -0.4 is 0 Å². The van der Waals surface area contributed by atoms with Gasteiger partial charge in [-0.15, -0.1) is 0 Å². The maximum Gasteiger partial charge on any atom is 0.313 e. The number of fused-ring (bicyclic) bond motifs is 1. The molecule has 0 spiro atoms. The Morgan fingerprint density at radius 1 is 1.45 bits per heavy atom. The summed E-state index contributed by atoms with van der Waals surface area (Å²) in [7, 11) is 0. The van der Waals surface area contributed by atoms with Gasteiger partial charge in [0.1, 0.15) is 5.52 Å². The highest BCUT2D eigenvalue weighted by Gasteiger charge is 2.22. The third kappa shape index (κ3) is 2.74. The molecule has 1 N–H and O–H groups in total. The molecule has 3 rings (SSSR count). The van der Waals surface area contributed by atoms with Crippen LogP contribution >= 0.6 is 0 Å². The fourth-order valence-electron chi connectivity index (χ4n) is 3.02. The van der Waals surface area contributed by atoms with Crippen molar-refractivity contribution in [3.8, 4) is 5.75 Å². The van der Waals surface area contributed by atoms with Gasteiger partial charge in [0.15, 0.2) is 0 Å². The highest BCUT2D eigenvalue weighted by Crippen LogP contribution is 2.36. The van der Waals surface area contributed by atoms with Gasteiger partial charge in [-0.1, -0.05) is 13.0 Å². The van der Waals surface area contributed by atoms with E-state index in [0.717, 1.165) is 42.8 Å². The van der Waals surface area contributed by atoms with E-state index in [1.807, 2.05) is 6.07 Å². The molecule has 0 amide bonds. The topological polar surface area (TPSA) is 79.5 Å². The second-order valence-electron chi connectivity index (χ2n) is 6.02. The van der Waals surface area contributed by atoms with Crippen molar-refractivity contribution in [2.24, 2.45) is 5.92 Å². The van der Waals surface area contributed by atoms with Crippen molar-refractivity contribution in [2.45, 2.75) is 26.3 Å². The first-order chi connectivity index (χ1) is 10.6. The number of phenolic OH excluding ortho intramolecular Hbond substituents is 1. The molecule has 1 aromatic carbocycles. The summed E-state index contributed by atoms with van der Waals surface area (Å²) in [6, 6.07) is 5.13. The first-order valence-electron chi connectivity index (χ1n) is 7.52. The van der Waals surface area contributed by atoms with E-state index in [2.05, 4.69) is 16.8 Å². The van der Waals surface area contributed by atoms with Crippen LogP contribution in [0.2, 0.25) is 0 Å². The third-order valence-corrected chi connectivity index (χ3v) is 4.40. The van der Waals surface area contributed by atoms with E-state index in [0.29, 0.717) is 12.1 Å². The molecule has 0 aliphatic carbocycles. The lowest BCUT2D eigenvalue weighted by Crippen LogP contribution is -2.32. The molecule has 1 aliphatic heterocycles. The third-order valence-electron chi connectivity index (χ3n) is 4.40. The zero-order valence-corrected chi connectivity index (χ0v) is 12.5. The van der Waals surface area contributed by atoms with Gasteiger partial charge in [0.05, 0.1) is 4.92 Å². The van der Waals surface area contributed by atoms with Gasteiger partial charge < -0.3 is 5.11 Å². The number of aromatic nitrogens is 1. The molecule has 1 aliphatic rings. The molecular weight excluding hydrogens is 282 g/mol. The lowest BCUT2D eigenvalue weighted by molar-refractivity contribution is -0.385. The van der Waals surface area contributed by atoms with Crippen molar-refractivity contribution in [3.05, 3.63) is 40.1 Å². The first-order valence-corrected chi connectivity index (χ1v) is 7.52. The number of pyridine rings is 1. The lowest BCUT2D eigenvalue weighted by Gasteiger charge is -2.30. The maximum absolute atomic E-state index is 11.2. The van der Waals surface area contributed by atoms with Gasteiger partial charge >= 0.3 is 5.69 Å². The van der Waals surface area contributed by atoms with Crippen LogP contribution in [0.1, 0.15) is 25.3 Å². The molecule has 0 atom stereocenters. The fourth-order valence-corrected chi connectivity index (χ4v) is 3.02. The van der Waals surface area contributed by atoms with Crippen LogP contribution in [0.15, 0.2) is 24.4 Å². The molecule has 6 nitrogen and oxygen atoms in total. The van der Waals surface area contributed by atoms with Gasteiger partial charge in [0.2, 0.25) is 5.75 Å². The summed E-state index contributed by atoms with van der Waals surface area (Å²) >= 11 is 0. The number of hydrogen-bond acceptors (Lipinski definition) is 5. The molecule has 0 bridgehead atoms. The summed E-state index contributed by atoms with van der Waals surface area (Å²) in [5, 5.41) is 22.0. The van der Waals surface area contributed by atoms with Gasteiger partial charge in [-0.05, 0) is 43.5 Å². The second-order valence-corrected chi connectivity index (χ2v) is 6.02. The zero-order valence-electron chi connectivity index (χ0n) is 12.5. The molecule has 116 valence electrons. The fraction of sp³-hybridized carbons (Fsp3) is 0.438. The van der Waals surface area contributed by atoms with Crippen molar-refractivity contribution in [1.29, 1.82) is 0 Å². The minimum Gasteiger partial charge on any atom is -0.501 e. The molecule has 0 saturated carbocycles. The van der Waals surface area contributed by atoms with Gasteiger partial charge in [-0.3, -0.25) is 20.0 Å². The Balaban J connectivity index is 2.01. The molecular formula is C16H19N3O3. The maximum atomic E-state index is 11.2. The molecule has 22 heavy (non-hydrogen) atoms. The van der Waals surface area contributed by atoms with E-state index in [1.165, 1.54) is 12.3 Å². The van der Waals surface area contributed by atoms with Crippen molar-refractivity contribution in [3.63, 3.8) is 0 Å². The van der Waals surface area contributed by atoms with Crippen LogP contribution in [0.3, 0.4) is 0 Å². The monoisotopic (exact) mass is 301 g/mol. The lowest BCUT2D eigenvalue weighted by atomic mass is 9.98. The summed E-state index contributed by atoms with van der Waals surface area (Å²) in [6.07, 6.45) is 3.84. The number of nitro groups is 1. The number of aromatic hydroxyl groups is 1. The van der Waals surface area contributed by atoms with E-state index in [-0.39, 0.29) is 11.4 Å². The Kier molecular flexibility index (Phi) is 3.94. The number of rotatable bonds is 3. The predicted octanol–water partition coefficient (Wildman–Crippen LogP) is 3.08. The highest BCUT2D eigenvalue weighted by atomic mass is 16.6. The van der Waals surface area contributed by atoms with Crippen LogP contribution in [0.25, 0.3) is 10.9 Å². The van der Waals surface area contributed by atoms with E-state index in [1.54, 1.807) is 6.07 Å². The highest BCUT2D eigenvalue weighted by molar-refractivity contribution is 5.90. The average molecular weight is 301 g/mol. The SMILES string of the molecule is CC1CCN(Cc2cc([N+](=O)[O-])c(O)c3ncccc23)CC1. The molecule has 0 unspecified atom stereocenters. The number of nitrogens with zero attached hydrogens (tertiary/aromatic N) is 3. The number of hydrogen-bond donors (Lipinski definition) is 1. The minimum atomic E-state index is -0.550. The van der Waals surface area contributed by atoms with Crippen LogP contribution in [0.5, 0.6) is 5.75 Å². The quantitative estimate of drug-likeness (QED) is 0.696. The smallest absolute Gasteiger partial charge is 0.313 e. The number of benzene rings is 1. The predicted molar refractivity (Wildman–Crippen MR) is 83.7 cm³/mol. The first kappa shape index (κ1) is 14.7. The number of piperidine rings is 1. The Bertz CT molecular complexity index is 709. The number of nitro benzene ring substituents is 1. The van der Waals surface area contributed by atoms with Gasteiger partial charge in [-0.25, -0.2) is 0 Å². The summed E-state index contributed by atoms with van der Waals surface area (Å²) in [5.41, 5.74) is 0.880. The minimum absolute atomic E-state index is 0.272. The summed E-state index contributed by atoms with van der Waals surface area (Å²) in [5.74, 6) is 0.389. The number of likely N-dealkylation sites (tertiary alicyclic amines) is 1. The Morgan fingerprint density at radius 2 is 2.18 bits per heavy atom. The van der Waals surface area contributed by atoms with E-state index < -0.39 is 4.92 Å². The van der Waals surface area contributed by atoms with Crippen molar-refractivity contribution in [1.82, 2.24) is 9.88 Å². The Hall–Kier alpha value is -2.21. The molecule has 0 radical (unpaired) electrons. The largest absolute Gasteiger partial charge is 0.501 e. The average Bonchev–Trinajstić information content (AvgIpc) is 2.52. The van der Waals surface area contributed by atoms with Crippen LogP contribution in [0.4, 0.5) is 5.69 Å². The molecule has 6 heteroatoms. The Labute approximate surface area is 128 Å². The van der Waals surface area contributed by atoms with Gasteiger partial charge in [-0.2, -0.15) is 0 Å². The normalized spacial score (nSPS) is 17.0. The van der Waals surface area contributed by atoms with Crippen molar-refractivity contribution >= 4 is 16.6 Å². The van der Waals surface area contributed by atoms with Crippen LogP contribution in [-0.2, 0) is 6.54 Å². The van der Waals surface area contributed by atoms with E-state index in [4.69, 9.17) is 0 Å². The molecule has 1 saturated heterocycles. The van der Waals surface area contributed by atoms with Crippen LogP contribution in [0, 0.1) is 16.0 Å². The van der Waals surface area contributed by atoms with Crippen molar-refractivity contribution in [2.75, 3.05) is 13.1 Å². The molecule has 2 heterocycles. The number of phenols is 1. The zero-order chi connectivity index (χ0) is 15.7. The summed E-state index contributed by atoms with van der Waals surface area (Å²) in [6.45, 7) is 4.90. The summed E-state index contributed by atoms with van der Waals surface area (Å²) < 4.78 is 0. The van der Waals surface area contributed by atoms with Gasteiger partial charge in [0, 0.05) is 24.2 Å². The molecule has 2 aromatic rings.